The van der Waals surface area contributed by atoms with Crippen LogP contribution in [0.3, 0.4) is 0 Å². The molecule has 0 aromatic heterocycles. The average Bonchev–Trinajstić information content (AvgIpc) is 2.40. The van der Waals surface area contributed by atoms with Gasteiger partial charge in [0.05, 0.1) is 5.56 Å². The van der Waals surface area contributed by atoms with Crippen LogP contribution >= 0.6 is 11.6 Å². The zero-order chi connectivity index (χ0) is 13.8. The van der Waals surface area contributed by atoms with Crippen molar-refractivity contribution in [1.82, 2.24) is 0 Å². The molecule has 0 aliphatic rings. The lowest BCUT2D eigenvalue weighted by atomic mass is 10.1. The van der Waals surface area contributed by atoms with E-state index in [1.54, 1.807) is 30.3 Å². The first-order valence-corrected chi connectivity index (χ1v) is 5.84. The average molecular weight is 272 g/mol. The van der Waals surface area contributed by atoms with Crippen LogP contribution in [0, 0.1) is 11.8 Å². The van der Waals surface area contributed by atoms with Gasteiger partial charge in [-0.2, -0.15) is 0 Å². The first-order chi connectivity index (χ1) is 9.06. The highest BCUT2D eigenvalue weighted by Gasteiger charge is 2.00. The Balaban J connectivity index is 2.28. The molecule has 0 bridgehead atoms. The maximum absolute atomic E-state index is 10.7. The van der Waals surface area contributed by atoms with Gasteiger partial charge in [-0.25, -0.2) is 4.79 Å². The van der Waals surface area contributed by atoms with Crippen LogP contribution in [0.1, 0.15) is 21.5 Å². The Hall–Kier alpha value is -2.44. The van der Waals surface area contributed by atoms with E-state index in [-0.39, 0.29) is 5.56 Å². The Bertz CT molecular complexity index is 682. The second-order valence-electron chi connectivity index (χ2n) is 3.86. The third kappa shape index (κ3) is 3.27. The lowest BCUT2D eigenvalue weighted by Crippen LogP contribution is -1.95. The van der Waals surface area contributed by atoms with Gasteiger partial charge in [-0.1, -0.05) is 23.4 Å². The maximum atomic E-state index is 10.7. The van der Waals surface area contributed by atoms with E-state index in [9.17, 15) is 4.79 Å². The Labute approximate surface area is 115 Å². The molecule has 94 valence electrons. The van der Waals surface area contributed by atoms with E-state index in [0.717, 1.165) is 0 Å². The van der Waals surface area contributed by atoms with E-state index in [2.05, 4.69) is 11.8 Å². The van der Waals surface area contributed by atoms with Crippen LogP contribution in [0.5, 0.6) is 0 Å². The van der Waals surface area contributed by atoms with E-state index in [1.807, 2.05) is 0 Å². The molecule has 0 amide bonds. The predicted molar refractivity (Wildman–Crippen MR) is 75.2 cm³/mol. The van der Waals surface area contributed by atoms with Crippen LogP contribution in [-0.2, 0) is 0 Å². The largest absolute Gasteiger partial charge is 0.478 e. The smallest absolute Gasteiger partial charge is 0.335 e. The van der Waals surface area contributed by atoms with Crippen molar-refractivity contribution < 1.29 is 9.90 Å². The number of carboxylic acid groups (broad SMARTS) is 1. The standard InChI is InChI=1S/C15H10ClNO2/c16-13-7-8-14(17)12(9-13)6-3-10-1-4-11(5-2-10)15(18)19/h1-2,4-5,7-9H,17H2,(H,18,19). The van der Waals surface area contributed by atoms with Crippen LogP contribution in [0.2, 0.25) is 5.02 Å². The molecule has 0 saturated heterocycles. The summed E-state index contributed by atoms with van der Waals surface area (Å²) in [4.78, 5) is 10.7. The summed E-state index contributed by atoms with van der Waals surface area (Å²) in [7, 11) is 0. The molecule has 3 N–H and O–H groups in total. The van der Waals surface area contributed by atoms with E-state index in [4.69, 9.17) is 22.4 Å². The van der Waals surface area contributed by atoms with Gasteiger partial charge < -0.3 is 10.8 Å². The van der Waals surface area contributed by atoms with Crippen LogP contribution in [0.15, 0.2) is 42.5 Å². The lowest BCUT2D eigenvalue weighted by molar-refractivity contribution is 0.0697. The van der Waals surface area contributed by atoms with Gasteiger partial charge in [0.15, 0.2) is 0 Å². The Morgan fingerprint density at radius 1 is 1.11 bits per heavy atom. The van der Waals surface area contributed by atoms with Crippen molar-refractivity contribution in [2.24, 2.45) is 0 Å². The molecule has 0 atom stereocenters. The molecule has 2 aromatic carbocycles. The van der Waals surface area contributed by atoms with Gasteiger partial charge in [0.1, 0.15) is 0 Å². The second kappa shape index (κ2) is 5.47. The fraction of sp³-hybridized carbons (Fsp3) is 0. The minimum absolute atomic E-state index is 0.229. The first kappa shape index (κ1) is 13.0. The quantitative estimate of drug-likeness (QED) is 0.619. The van der Waals surface area contributed by atoms with Crippen LogP contribution < -0.4 is 5.73 Å². The van der Waals surface area contributed by atoms with Gasteiger partial charge in [0.25, 0.3) is 0 Å². The third-order valence-corrected chi connectivity index (χ3v) is 2.72. The Kier molecular flexibility index (Phi) is 3.74. The van der Waals surface area contributed by atoms with Crippen molar-refractivity contribution in [3.8, 4) is 11.8 Å². The molecule has 2 aromatic rings. The third-order valence-electron chi connectivity index (χ3n) is 2.49. The summed E-state index contributed by atoms with van der Waals surface area (Å²) in [5.41, 5.74) is 7.92. The summed E-state index contributed by atoms with van der Waals surface area (Å²) in [6.45, 7) is 0. The van der Waals surface area contributed by atoms with Crippen molar-refractivity contribution in [2.45, 2.75) is 0 Å². The van der Waals surface area contributed by atoms with Crippen LogP contribution in [0.4, 0.5) is 5.69 Å². The molecule has 3 nitrogen and oxygen atoms in total. The molecule has 0 aliphatic heterocycles. The number of nitrogens with two attached hydrogens (primary N) is 1. The van der Waals surface area contributed by atoms with Gasteiger partial charge in [-0.3, -0.25) is 0 Å². The van der Waals surface area contributed by atoms with Crippen molar-refractivity contribution in [3.63, 3.8) is 0 Å². The molecule has 0 spiro atoms. The zero-order valence-corrected chi connectivity index (χ0v) is 10.6. The molecule has 0 radical (unpaired) electrons. The number of hydrogen-bond acceptors (Lipinski definition) is 2. The monoisotopic (exact) mass is 271 g/mol. The van der Waals surface area contributed by atoms with Crippen molar-refractivity contribution >= 4 is 23.3 Å². The molecule has 0 fully saturated rings. The normalized spacial score (nSPS) is 9.53. The number of halogens is 1. The zero-order valence-electron chi connectivity index (χ0n) is 9.85. The Morgan fingerprint density at radius 3 is 2.42 bits per heavy atom. The molecular weight excluding hydrogens is 262 g/mol. The van der Waals surface area contributed by atoms with E-state index < -0.39 is 5.97 Å². The number of hydrogen-bond donors (Lipinski definition) is 2. The summed E-state index contributed by atoms with van der Waals surface area (Å²) in [6.07, 6.45) is 0. The van der Waals surface area contributed by atoms with Gasteiger partial charge in [-0.15, -0.1) is 0 Å². The highest BCUT2D eigenvalue weighted by atomic mass is 35.5. The van der Waals surface area contributed by atoms with Crippen molar-refractivity contribution in [2.75, 3.05) is 5.73 Å². The van der Waals surface area contributed by atoms with Crippen LogP contribution in [-0.4, -0.2) is 11.1 Å². The Morgan fingerprint density at radius 2 is 1.79 bits per heavy atom. The van der Waals surface area contributed by atoms with Crippen molar-refractivity contribution in [1.29, 1.82) is 0 Å². The molecule has 0 aliphatic carbocycles. The number of nitrogen functional groups attached to an aromatic ring is 1. The van der Waals surface area contributed by atoms with Gasteiger partial charge in [0.2, 0.25) is 0 Å². The van der Waals surface area contributed by atoms with Gasteiger partial charge in [-0.05, 0) is 42.5 Å². The predicted octanol–water partition coefficient (Wildman–Crippen LogP) is 3.02. The van der Waals surface area contributed by atoms with Gasteiger partial charge >= 0.3 is 5.97 Å². The number of aromatic carboxylic acids is 1. The molecule has 19 heavy (non-hydrogen) atoms. The number of benzene rings is 2. The fourth-order valence-corrected chi connectivity index (χ4v) is 1.64. The minimum atomic E-state index is -0.960. The highest BCUT2D eigenvalue weighted by Crippen LogP contribution is 2.16. The number of anilines is 1. The molecule has 4 heteroatoms. The maximum Gasteiger partial charge on any atom is 0.335 e. The number of rotatable bonds is 1. The SMILES string of the molecule is Nc1ccc(Cl)cc1C#Cc1ccc(C(=O)O)cc1. The summed E-state index contributed by atoms with van der Waals surface area (Å²) < 4.78 is 0. The molecular formula is C15H10ClNO2. The highest BCUT2D eigenvalue weighted by molar-refractivity contribution is 6.30. The summed E-state index contributed by atoms with van der Waals surface area (Å²) in [5, 5.41) is 9.35. The van der Waals surface area contributed by atoms with E-state index in [0.29, 0.717) is 21.8 Å². The van der Waals surface area contributed by atoms with Crippen LogP contribution in [0.25, 0.3) is 0 Å². The second-order valence-corrected chi connectivity index (χ2v) is 4.30. The minimum Gasteiger partial charge on any atom is -0.478 e. The fourth-order valence-electron chi connectivity index (χ4n) is 1.47. The summed E-state index contributed by atoms with van der Waals surface area (Å²) in [6, 6.07) is 11.4. The molecule has 2 rings (SSSR count). The molecule has 0 saturated carbocycles. The van der Waals surface area contributed by atoms with E-state index >= 15 is 0 Å². The lowest BCUT2D eigenvalue weighted by Gasteiger charge is -1.98. The number of carboxylic acids is 1. The summed E-state index contributed by atoms with van der Waals surface area (Å²) in [5.74, 6) is 4.87. The molecule has 0 heterocycles. The number of carbonyl (C=O) groups is 1. The van der Waals surface area contributed by atoms with Gasteiger partial charge in [0, 0.05) is 21.8 Å². The van der Waals surface area contributed by atoms with E-state index in [1.165, 1.54) is 12.1 Å². The van der Waals surface area contributed by atoms with Crippen molar-refractivity contribution in [3.05, 3.63) is 64.2 Å². The first-order valence-electron chi connectivity index (χ1n) is 5.46. The molecule has 0 unspecified atom stereocenters. The topological polar surface area (TPSA) is 63.3 Å². The summed E-state index contributed by atoms with van der Waals surface area (Å²) >= 11 is 5.87.